The largest absolute Gasteiger partial charge is 0.497 e. The van der Waals surface area contributed by atoms with Gasteiger partial charge in [0, 0.05) is 49.4 Å². The molecule has 11 heteroatoms. The lowest BCUT2D eigenvalue weighted by atomic mass is 9.91. The molecule has 5 rings (SSSR count). The first-order chi connectivity index (χ1) is 22.3. The quantitative estimate of drug-likeness (QED) is 0.308. The van der Waals surface area contributed by atoms with Gasteiger partial charge in [-0.3, -0.25) is 14.4 Å². The molecule has 1 aliphatic carbocycles. The van der Waals surface area contributed by atoms with E-state index in [9.17, 15) is 14.4 Å². The van der Waals surface area contributed by atoms with Crippen molar-refractivity contribution >= 4 is 29.1 Å². The molecule has 3 aromatic rings. The molecule has 1 saturated carbocycles. The second-order valence-electron chi connectivity index (χ2n) is 11.7. The van der Waals surface area contributed by atoms with Gasteiger partial charge in [-0.2, -0.15) is 0 Å². The van der Waals surface area contributed by atoms with E-state index in [1.807, 2.05) is 35.2 Å². The zero-order valence-corrected chi connectivity index (χ0v) is 26.7. The summed E-state index contributed by atoms with van der Waals surface area (Å²) in [6.45, 7) is 2.21. The molecule has 1 heterocycles. The number of rotatable bonds is 10. The van der Waals surface area contributed by atoms with Crippen LogP contribution in [0.2, 0.25) is 0 Å². The molecule has 0 spiro atoms. The monoisotopic (exact) mass is 629 g/mol. The summed E-state index contributed by atoms with van der Waals surface area (Å²) in [5, 5.41) is 6.17. The Morgan fingerprint density at radius 2 is 1.41 bits per heavy atom. The summed E-state index contributed by atoms with van der Waals surface area (Å²) in [5.74, 6) is 1.22. The van der Waals surface area contributed by atoms with Crippen LogP contribution in [0.3, 0.4) is 0 Å². The van der Waals surface area contributed by atoms with Gasteiger partial charge in [-0.25, -0.2) is 0 Å². The topological polar surface area (TPSA) is 135 Å². The highest BCUT2D eigenvalue weighted by Crippen LogP contribution is 2.31. The number of hydrogen-bond donors (Lipinski definition) is 3. The second-order valence-corrected chi connectivity index (χ2v) is 11.7. The van der Waals surface area contributed by atoms with E-state index in [0.717, 1.165) is 42.7 Å². The molecule has 46 heavy (non-hydrogen) atoms. The molecule has 3 amide bonds. The number of benzene rings is 3. The van der Waals surface area contributed by atoms with Crippen molar-refractivity contribution in [3.63, 3.8) is 0 Å². The number of anilines is 2. The molecule has 4 N–H and O–H groups in total. The number of ether oxygens (including phenoxy) is 3. The van der Waals surface area contributed by atoms with E-state index in [0.29, 0.717) is 60.9 Å². The number of nitrogens with one attached hydrogen (secondary N) is 2. The third-order valence-corrected chi connectivity index (χ3v) is 8.75. The van der Waals surface area contributed by atoms with Crippen LogP contribution in [0, 0.1) is 0 Å². The van der Waals surface area contributed by atoms with E-state index in [2.05, 4.69) is 15.5 Å². The Hall–Kier alpha value is -4.77. The Labute approximate surface area is 270 Å². The molecule has 1 aliphatic heterocycles. The maximum atomic E-state index is 13.5. The van der Waals surface area contributed by atoms with Gasteiger partial charge in [0.05, 0.1) is 39.1 Å². The summed E-state index contributed by atoms with van der Waals surface area (Å²) in [7, 11) is 4.67. The van der Waals surface area contributed by atoms with Gasteiger partial charge in [0.2, 0.25) is 5.91 Å². The third kappa shape index (κ3) is 7.89. The van der Waals surface area contributed by atoms with Crippen LogP contribution < -0.4 is 35.5 Å². The van der Waals surface area contributed by atoms with Crippen molar-refractivity contribution in [2.75, 3.05) is 57.7 Å². The minimum Gasteiger partial charge on any atom is -0.497 e. The summed E-state index contributed by atoms with van der Waals surface area (Å²) >= 11 is 0. The van der Waals surface area contributed by atoms with E-state index >= 15 is 0 Å². The Morgan fingerprint density at radius 3 is 2.07 bits per heavy atom. The Kier molecular flexibility index (Phi) is 10.6. The summed E-state index contributed by atoms with van der Waals surface area (Å²) in [6.07, 6.45) is 3.76. The highest BCUT2D eigenvalue weighted by Gasteiger charge is 2.26. The standard InChI is InChI=1S/C35H43N5O6/c1-44-28-12-4-23(5-13-28)20-33(41)40-18-16-39(17-19-40)30-14-6-24(34(42)37-27-10-8-26(36)9-11-27)21-29(30)38-35(43)25-7-15-31(45-2)32(22-25)46-3/h4-7,12-15,21-22,26-27H,8-11,16-20,36H2,1-3H3,(H,37,42)(H,38,43). The summed E-state index contributed by atoms with van der Waals surface area (Å²) in [4.78, 5) is 43.9. The molecular weight excluding hydrogens is 586 g/mol. The van der Waals surface area contributed by atoms with Crippen LogP contribution in [0.15, 0.2) is 60.7 Å². The smallest absolute Gasteiger partial charge is 0.255 e. The van der Waals surface area contributed by atoms with Crippen molar-refractivity contribution in [3.05, 3.63) is 77.4 Å². The maximum absolute atomic E-state index is 13.5. The minimum atomic E-state index is -0.352. The molecule has 2 fully saturated rings. The molecule has 0 bridgehead atoms. The van der Waals surface area contributed by atoms with Crippen molar-refractivity contribution in [3.8, 4) is 17.2 Å². The number of amides is 3. The molecule has 0 atom stereocenters. The van der Waals surface area contributed by atoms with E-state index in [4.69, 9.17) is 19.9 Å². The predicted molar refractivity (Wildman–Crippen MR) is 177 cm³/mol. The average Bonchev–Trinajstić information content (AvgIpc) is 3.09. The molecule has 11 nitrogen and oxygen atoms in total. The summed E-state index contributed by atoms with van der Waals surface area (Å²) < 4.78 is 15.9. The van der Waals surface area contributed by atoms with Crippen LogP contribution in [-0.2, 0) is 11.2 Å². The van der Waals surface area contributed by atoms with E-state index in [1.165, 1.54) is 14.2 Å². The van der Waals surface area contributed by atoms with Crippen LogP contribution in [0.5, 0.6) is 17.2 Å². The van der Waals surface area contributed by atoms with Crippen LogP contribution in [-0.4, -0.2) is 82.2 Å². The first-order valence-electron chi connectivity index (χ1n) is 15.7. The third-order valence-electron chi connectivity index (χ3n) is 8.75. The number of methoxy groups -OCH3 is 3. The predicted octanol–water partition coefficient (Wildman–Crippen LogP) is 3.86. The molecule has 3 aromatic carbocycles. The van der Waals surface area contributed by atoms with Crippen molar-refractivity contribution < 1.29 is 28.6 Å². The number of hydrogen-bond acceptors (Lipinski definition) is 8. The summed E-state index contributed by atoms with van der Waals surface area (Å²) in [6, 6.07) is 18.1. The maximum Gasteiger partial charge on any atom is 0.255 e. The van der Waals surface area contributed by atoms with E-state index in [1.54, 1.807) is 37.4 Å². The van der Waals surface area contributed by atoms with Crippen LogP contribution in [0.4, 0.5) is 11.4 Å². The number of piperazine rings is 1. The zero-order valence-electron chi connectivity index (χ0n) is 26.7. The van der Waals surface area contributed by atoms with E-state index in [-0.39, 0.29) is 29.8 Å². The number of carbonyl (C=O) groups is 3. The lowest BCUT2D eigenvalue weighted by Gasteiger charge is -2.37. The minimum absolute atomic E-state index is 0.0579. The molecule has 244 valence electrons. The molecule has 2 aliphatic rings. The molecule has 1 saturated heterocycles. The first-order valence-corrected chi connectivity index (χ1v) is 15.7. The normalized spacial score (nSPS) is 18.0. The van der Waals surface area contributed by atoms with Crippen molar-refractivity contribution in [2.45, 2.75) is 44.2 Å². The highest BCUT2D eigenvalue weighted by molar-refractivity contribution is 6.07. The number of nitrogens with two attached hydrogens (primary N) is 1. The van der Waals surface area contributed by atoms with Gasteiger partial charge in [0.1, 0.15) is 5.75 Å². The Bertz CT molecular complexity index is 1530. The lowest BCUT2D eigenvalue weighted by molar-refractivity contribution is -0.130. The van der Waals surface area contributed by atoms with Gasteiger partial charge in [-0.15, -0.1) is 0 Å². The van der Waals surface area contributed by atoms with Gasteiger partial charge >= 0.3 is 0 Å². The SMILES string of the molecule is COc1ccc(CC(=O)N2CCN(c3ccc(C(=O)NC4CCC(N)CC4)cc3NC(=O)c3ccc(OC)c(OC)c3)CC2)cc1. The van der Waals surface area contributed by atoms with E-state index < -0.39 is 0 Å². The van der Waals surface area contributed by atoms with Crippen LogP contribution in [0.1, 0.15) is 52.0 Å². The first kappa shape index (κ1) is 32.6. The lowest BCUT2D eigenvalue weighted by Crippen LogP contribution is -2.49. The fourth-order valence-corrected chi connectivity index (χ4v) is 5.98. The van der Waals surface area contributed by atoms with Crippen molar-refractivity contribution in [2.24, 2.45) is 5.73 Å². The molecule has 0 radical (unpaired) electrons. The molecule has 0 aromatic heterocycles. The fraction of sp³-hybridized carbons (Fsp3) is 0.400. The van der Waals surface area contributed by atoms with Crippen molar-refractivity contribution in [1.82, 2.24) is 10.2 Å². The van der Waals surface area contributed by atoms with Crippen LogP contribution >= 0.6 is 0 Å². The second kappa shape index (κ2) is 15.0. The van der Waals surface area contributed by atoms with Gasteiger partial charge in [0.15, 0.2) is 11.5 Å². The molecule has 0 unspecified atom stereocenters. The average molecular weight is 630 g/mol. The number of carbonyl (C=O) groups excluding carboxylic acids is 3. The van der Waals surface area contributed by atoms with Gasteiger partial charge in [-0.05, 0) is 79.8 Å². The van der Waals surface area contributed by atoms with Gasteiger partial charge in [-0.1, -0.05) is 12.1 Å². The fourth-order valence-electron chi connectivity index (χ4n) is 5.98. The van der Waals surface area contributed by atoms with Crippen molar-refractivity contribution in [1.29, 1.82) is 0 Å². The highest BCUT2D eigenvalue weighted by atomic mass is 16.5. The van der Waals surface area contributed by atoms with Gasteiger partial charge in [0.25, 0.3) is 11.8 Å². The summed E-state index contributed by atoms with van der Waals surface area (Å²) in [5.41, 5.74) is 9.09. The molecular formula is C35H43N5O6. The number of nitrogens with zero attached hydrogens (tertiary/aromatic N) is 2. The Morgan fingerprint density at radius 1 is 0.761 bits per heavy atom. The Balaban J connectivity index is 1.32. The van der Waals surface area contributed by atoms with Gasteiger partial charge < -0.3 is 40.4 Å². The zero-order chi connectivity index (χ0) is 32.6. The van der Waals surface area contributed by atoms with Crippen LogP contribution in [0.25, 0.3) is 0 Å².